The molecule has 5 heteroatoms. The third-order valence-electron chi connectivity index (χ3n) is 4.29. The summed E-state index contributed by atoms with van der Waals surface area (Å²) in [5.74, 6) is 0. The van der Waals surface area contributed by atoms with Gasteiger partial charge in [0, 0.05) is 6.04 Å². The highest BCUT2D eigenvalue weighted by Crippen LogP contribution is 2.45. The van der Waals surface area contributed by atoms with Crippen LogP contribution in [0.1, 0.15) is 74.1 Å². The zero-order valence-corrected chi connectivity index (χ0v) is 15.5. The Labute approximate surface area is 131 Å². The largest absolute Gasteiger partial charge is 0.391 e. The molecule has 21 heavy (non-hydrogen) atoms. The van der Waals surface area contributed by atoms with Crippen molar-refractivity contribution in [2.24, 2.45) is 5.41 Å². The summed E-state index contributed by atoms with van der Waals surface area (Å²) in [5.41, 5.74) is -0.310. The van der Waals surface area contributed by atoms with Crippen molar-refractivity contribution >= 4 is 10.0 Å². The van der Waals surface area contributed by atoms with Crippen LogP contribution in [0.5, 0.6) is 0 Å². The third kappa shape index (κ3) is 3.99. The monoisotopic (exact) mass is 319 g/mol. The Bertz CT molecular complexity index is 445. The number of unbranched alkanes of at least 4 members (excludes halogenated alkanes) is 2. The maximum Gasteiger partial charge on any atom is 0.219 e. The third-order valence-corrected chi connectivity index (χ3v) is 6.91. The number of hydrogen-bond acceptors (Lipinski definition) is 3. The van der Waals surface area contributed by atoms with Gasteiger partial charge in [0.05, 0.1) is 16.9 Å². The first kappa shape index (κ1) is 18.9. The molecule has 3 unspecified atom stereocenters. The molecular formula is C16H33NO3S. The van der Waals surface area contributed by atoms with Gasteiger partial charge in [0.1, 0.15) is 0 Å². The van der Waals surface area contributed by atoms with E-state index in [1.54, 1.807) is 25.1 Å². The molecule has 126 valence electrons. The van der Waals surface area contributed by atoms with E-state index in [-0.39, 0.29) is 17.5 Å². The van der Waals surface area contributed by atoms with Crippen molar-refractivity contribution < 1.29 is 13.5 Å². The number of hydrogen-bond donors (Lipinski definition) is 1. The predicted octanol–water partition coefficient (Wildman–Crippen LogP) is 3.15. The molecule has 0 aromatic rings. The fraction of sp³-hybridized carbons (Fsp3) is 1.00. The Morgan fingerprint density at radius 3 is 2.00 bits per heavy atom. The van der Waals surface area contributed by atoms with E-state index in [1.165, 1.54) is 0 Å². The Hall–Kier alpha value is -0.130. The maximum atomic E-state index is 12.7. The lowest BCUT2D eigenvalue weighted by molar-refractivity contribution is 0.0551. The summed E-state index contributed by atoms with van der Waals surface area (Å²) in [5, 5.41) is 10.5. The normalized spacial score (nSPS) is 28.5. The van der Waals surface area contributed by atoms with E-state index in [0.29, 0.717) is 0 Å². The number of rotatable bonds is 6. The van der Waals surface area contributed by atoms with Crippen LogP contribution in [-0.2, 0) is 10.0 Å². The summed E-state index contributed by atoms with van der Waals surface area (Å²) in [4.78, 5) is 0. The van der Waals surface area contributed by atoms with E-state index in [1.807, 2.05) is 20.8 Å². The molecule has 4 atom stereocenters. The van der Waals surface area contributed by atoms with Gasteiger partial charge >= 0.3 is 0 Å². The molecule has 0 bridgehead atoms. The Kier molecular flexibility index (Phi) is 5.56. The minimum Gasteiger partial charge on any atom is -0.391 e. The first-order valence-corrected chi connectivity index (χ1v) is 9.51. The molecule has 0 aliphatic carbocycles. The molecule has 0 radical (unpaired) electrons. The van der Waals surface area contributed by atoms with Crippen LogP contribution in [0, 0.1) is 5.41 Å². The standard InChI is InChI=1S/C16H33NO3S/c1-8-9-10-11-12-13(14(18)15(2,3)4)17(12)21(19,20)16(5,6)7/h12-14,18H,8-11H2,1-7H3/t12?,13-,14?,17?/m0/s1. The van der Waals surface area contributed by atoms with Gasteiger partial charge in [0.25, 0.3) is 0 Å². The fourth-order valence-electron chi connectivity index (χ4n) is 2.69. The maximum absolute atomic E-state index is 12.7. The lowest BCUT2D eigenvalue weighted by Crippen LogP contribution is -2.39. The van der Waals surface area contributed by atoms with Gasteiger partial charge in [0.2, 0.25) is 10.0 Å². The van der Waals surface area contributed by atoms with E-state index < -0.39 is 20.9 Å². The number of aliphatic hydroxyl groups is 1. The molecule has 1 fully saturated rings. The Balaban J connectivity index is 2.94. The molecule has 1 saturated heterocycles. The van der Waals surface area contributed by atoms with Gasteiger partial charge in [-0.25, -0.2) is 8.42 Å². The van der Waals surface area contributed by atoms with Gasteiger partial charge in [0.15, 0.2) is 0 Å². The van der Waals surface area contributed by atoms with Gasteiger partial charge < -0.3 is 5.11 Å². The highest BCUT2D eigenvalue weighted by atomic mass is 32.2. The lowest BCUT2D eigenvalue weighted by Gasteiger charge is -2.27. The van der Waals surface area contributed by atoms with E-state index in [0.717, 1.165) is 25.7 Å². The zero-order valence-electron chi connectivity index (χ0n) is 14.7. The van der Waals surface area contributed by atoms with Crippen molar-refractivity contribution in [1.29, 1.82) is 0 Å². The van der Waals surface area contributed by atoms with Crippen LogP contribution in [0.2, 0.25) is 0 Å². The molecule has 1 rings (SSSR count). The van der Waals surface area contributed by atoms with Crippen LogP contribution in [0.3, 0.4) is 0 Å². The second kappa shape index (κ2) is 6.17. The molecular weight excluding hydrogens is 286 g/mol. The zero-order chi connectivity index (χ0) is 16.6. The van der Waals surface area contributed by atoms with Crippen LogP contribution < -0.4 is 0 Å². The van der Waals surface area contributed by atoms with E-state index in [4.69, 9.17) is 0 Å². The predicted molar refractivity (Wildman–Crippen MR) is 87.7 cm³/mol. The fourth-order valence-corrected chi connectivity index (χ4v) is 4.44. The molecule has 1 N–H and O–H groups in total. The summed E-state index contributed by atoms with van der Waals surface area (Å²) in [6.45, 7) is 13.2. The van der Waals surface area contributed by atoms with Crippen LogP contribution >= 0.6 is 0 Å². The molecule has 1 aliphatic rings. The summed E-state index contributed by atoms with van der Waals surface area (Å²) in [6, 6.07) is -0.291. The van der Waals surface area contributed by atoms with Gasteiger partial charge in [-0.15, -0.1) is 0 Å². The van der Waals surface area contributed by atoms with E-state index in [9.17, 15) is 13.5 Å². The molecule has 0 amide bonds. The first-order valence-electron chi connectivity index (χ1n) is 8.07. The second-order valence-electron chi connectivity index (χ2n) is 8.31. The minimum absolute atomic E-state index is 0.0324. The number of sulfonamides is 1. The van der Waals surface area contributed by atoms with Crippen LogP contribution in [0.15, 0.2) is 0 Å². The van der Waals surface area contributed by atoms with Crippen LogP contribution in [0.25, 0.3) is 0 Å². The van der Waals surface area contributed by atoms with Crippen LogP contribution in [0.4, 0.5) is 0 Å². The van der Waals surface area contributed by atoms with Gasteiger partial charge in [-0.1, -0.05) is 47.0 Å². The Morgan fingerprint density at radius 2 is 1.62 bits per heavy atom. The summed E-state index contributed by atoms with van der Waals surface area (Å²) in [7, 11) is -3.37. The van der Waals surface area contributed by atoms with Crippen molar-refractivity contribution in [3.8, 4) is 0 Å². The van der Waals surface area contributed by atoms with Crippen LogP contribution in [-0.4, -0.2) is 40.8 Å². The van der Waals surface area contributed by atoms with E-state index in [2.05, 4.69) is 6.92 Å². The summed E-state index contributed by atoms with van der Waals surface area (Å²) in [6.07, 6.45) is 3.47. The SMILES string of the molecule is CCCCCC1[C@@H](C(O)C(C)(C)C)N1S(=O)(=O)C(C)(C)C. The average Bonchev–Trinajstić information content (AvgIpc) is 3.00. The van der Waals surface area contributed by atoms with Crippen molar-refractivity contribution in [2.75, 3.05) is 0 Å². The number of nitrogens with zero attached hydrogens (tertiary/aromatic N) is 1. The molecule has 0 aromatic heterocycles. The lowest BCUT2D eigenvalue weighted by atomic mass is 9.86. The minimum atomic E-state index is -3.37. The molecule has 0 saturated carbocycles. The Morgan fingerprint density at radius 1 is 1.10 bits per heavy atom. The first-order chi connectivity index (χ1) is 9.35. The van der Waals surface area contributed by atoms with Crippen molar-refractivity contribution in [3.63, 3.8) is 0 Å². The van der Waals surface area contributed by atoms with Crippen molar-refractivity contribution in [3.05, 3.63) is 0 Å². The summed E-state index contributed by atoms with van der Waals surface area (Å²) >= 11 is 0. The van der Waals surface area contributed by atoms with Gasteiger partial charge in [-0.3, -0.25) is 0 Å². The van der Waals surface area contributed by atoms with Crippen molar-refractivity contribution in [2.45, 2.75) is 97.1 Å². The molecule has 0 aromatic carbocycles. The van der Waals surface area contributed by atoms with E-state index >= 15 is 0 Å². The second-order valence-corrected chi connectivity index (χ2v) is 10.9. The molecule has 1 aliphatic heterocycles. The average molecular weight is 320 g/mol. The topological polar surface area (TPSA) is 57.4 Å². The number of aliphatic hydroxyl groups excluding tert-OH is 1. The van der Waals surface area contributed by atoms with Gasteiger partial charge in [-0.2, -0.15) is 4.31 Å². The smallest absolute Gasteiger partial charge is 0.219 e. The summed E-state index contributed by atoms with van der Waals surface area (Å²) < 4.78 is 26.2. The highest BCUT2D eigenvalue weighted by molar-refractivity contribution is 7.90. The quantitative estimate of drug-likeness (QED) is 0.604. The highest BCUT2D eigenvalue weighted by Gasteiger charge is 2.61. The van der Waals surface area contributed by atoms with Crippen molar-refractivity contribution in [1.82, 2.24) is 4.31 Å². The van der Waals surface area contributed by atoms with Gasteiger partial charge in [-0.05, 0) is 32.6 Å². The molecule has 0 spiro atoms. The molecule has 1 heterocycles. The molecule has 4 nitrogen and oxygen atoms in total.